The number of aliphatic hydroxyl groups excluding tert-OH is 1. The minimum atomic E-state index is -0.301. The van der Waals surface area contributed by atoms with Crippen LogP contribution in [-0.4, -0.2) is 47.8 Å². The van der Waals surface area contributed by atoms with Crippen LogP contribution >= 0.6 is 0 Å². The highest BCUT2D eigenvalue weighted by molar-refractivity contribution is 5.94. The molecule has 0 bridgehead atoms. The lowest BCUT2D eigenvalue weighted by Gasteiger charge is -2.36. The molecule has 0 saturated carbocycles. The molecule has 1 aromatic carbocycles. The summed E-state index contributed by atoms with van der Waals surface area (Å²) >= 11 is 0. The quantitative estimate of drug-likeness (QED) is 0.827. The third-order valence-electron chi connectivity index (χ3n) is 3.23. The normalized spacial score (nSPS) is 23.4. The van der Waals surface area contributed by atoms with Crippen LogP contribution in [0.5, 0.6) is 0 Å². The van der Waals surface area contributed by atoms with Crippen LogP contribution in [0.2, 0.25) is 0 Å². The van der Waals surface area contributed by atoms with E-state index in [0.717, 1.165) is 5.56 Å². The van der Waals surface area contributed by atoms with Crippen molar-refractivity contribution in [2.75, 3.05) is 19.7 Å². The zero-order valence-corrected chi connectivity index (χ0v) is 11.1. The molecule has 1 saturated heterocycles. The zero-order chi connectivity index (χ0) is 13.8. The summed E-state index contributed by atoms with van der Waals surface area (Å²) in [6.45, 7) is 3.21. The summed E-state index contributed by atoms with van der Waals surface area (Å²) in [5, 5.41) is 9.18. The van der Waals surface area contributed by atoms with Gasteiger partial charge in [-0.2, -0.15) is 0 Å². The highest BCUT2D eigenvalue weighted by Gasteiger charge is 2.28. The largest absolute Gasteiger partial charge is 0.394 e. The average Bonchev–Trinajstić information content (AvgIpc) is 2.45. The SMILES string of the molecule is CC1CN(C(=O)c2cccc(CN)c2)CC(CO)O1. The van der Waals surface area contributed by atoms with Gasteiger partial charge in [0.25, 0.3) is 5.91 Å². The monoisotopic (exact) mass is 264 g/mol. The summed E-state index contributed by atoms with van der Waals surface area (Å²) < 4.78 is 5.53. The molecule has 2 rings (SSSR count). The highest BCUT2D eigenvalue weighted by atomic mass is 16.5. The molecule has 0 radical (unpaired) electrons. The highest BCUT2D eigenvalue weighted by Crippen LogP contribution is 2.15. The first-order valence-corrected chi connectivity index (χ1v) is 6.48. The van der Waals surface area contributed by atoms with E-state index in [4.69, 9.17) is 10.5 Å². The second kappa shape index (κ2) is 6.14. The zero-order valence-electron chi connectivity index (χ0n) is 11.1. The molecule has 5 heteroatoms. The van der Waals surface area contributed by atoms with Crippen LogP contribution in [0.4, 0.5) is 0 Å². The maximum atomic E-state index is 12.4. The van der Waals surface area contributed by atoms with Crippen molar-refractivity contribution < 1.29 is 14.6 Å². The molecule has 104 valence electrons. The Morgan fingerprint density at radius 1 is 1.53 bits per heavy atom. The number of morpholine rings is 1. The van der Waals surface area contributed by atoms with E-state index in [1.807, 2.05) is 25.1 Å². The lowest BCUT2D eigenvalue weighted by molar-refractivity contribution is -0.0858. The van der Waals surface area contributed by atoms with Gasteiger partial charge in [0, 0.05) is 25.2 Å². The molecule has 1 fully saturated rings. The minimum absolute atomic E-state index is 0.0381. The maximum Gasteiger partial charge on any atom is 0.254 e. The molecule has 2 atom stereocenters. The van der Waals surface area contributed by atoms with Crippen LogP contribution < -0.4 is 5.73 Å². The molecule has 3 N–H and O–H groups in total. The van der Waals surface area contributed by atoms with Crippen molar-refractivity contribution in [2.45, 2.75) is 25.7 Å². The Morgan fingerprint density at radius 3 is 3.00 bits per heavy atom. The number of benzene rings is 1. The van der Waals surface area contributed by atoms with Crippen molar-refractivity contribution in [1.29, 1.82) is 0 Å². The van der Waals surface area contributed by atoms with Gasteiger partial charge in [0.05, 0.1) is 18.8 Å². The maximum absolute atomic E-state index is 12.4. The van der Waals surface area contributed by atoms with E-state index in [0.29, 0.717) is 25.2 Å². The molecule has 1 heterocycles. The first kappa shape index (κ1) is 14.0. The number of carbonyl (C=O) groups excluding carboxylic acids is 1. The van der Waals surface area contributed by atoms with Crippen LogP contribution in [0.15, 0.2) is 24.3 Å². The van der Waals surface area contributed by atoms with Crippen LogP contribution in [0.1, 0.15) is 22.8 Å². The number of rotatable bonds is 3. The van der Waals surface area contributed by atoms with E-state index in [-0.39, 0.29) is 24.7 Å². The average molecular weight is 264 g/mol. The van der Waals surface area contributed by atoms with Crippen LogP contribution in [0.25, 0.3) is 0 Å². The number of ether oxygens (including phenoxy) is 1. The second-order valence-corrected chi connectivity index (χ2v) is 4.87. The van der Waals surface area contributed by atoms with E-state index in [2.05, 4.69) is 0 Å². The number of carbonyl (C=O) groups is 1. The summed E-state index contributed by atoms with van der Waals surface area (Å²) in [4.78, 5) is 14.1. The minimum Gasteiger partial charge on any atom is -0.394 e. The molecule has 1 aliphatic heterocycles. The Kier molecular flexibility index (Phi) is 4.52. The fourth-order valence-electron chi connectivity index (χ4n) is 2.33. The van der Waals surface area contributed by atoms with Gasteiger partial charge in [-0.05, 0) is 24.6 Å². The Balaban J connectivity index is 2.13. The molecule has 2 unspecified atom stereocenters. The van der Waals surface area contributed by atoms with Crippen LogP contribution in [-0.2, 0) is 11.3 Å². The van der Waals surface area contributed by atoms with Gasteiger partial charge in [-0.15, -0.1) is 0 Å². The summed E-state index contributed by atoms with van der Waals surface area (Å²) in [6, 6.07) is 7.34. The molecule has 0 aromatic heterocycles. The second-order valence-electron chi connectivity index (χ2n) is 4.87. The summed E-state index contributed by atoms with van der Waals surface area (Å²) in [5.74, 6) is -0.0381. The number of hydrogen-bond acceptors (Lipinski definition) is 4. The number of nitrogens with two attached hydrogens (primary N) is 1. The molecule has 1 aliphatic rings. The molecular weight excluding hydrogens is 244 g/mol. The number of amides is 1. The van der Waals surface area contributed by atoms with E-state index in [1.165, 1.54) is 0 Å². The summed E-state index contributed by atoms with van der Waals surface area (Å²) in [7, 11) is 0. The van der Waals surface area contributed by atoms with Gasteiger partial charge in [-0.25, -0.2) is 0 Å². The molecule has 0 spiro atoms. The van der Waals surface area contributed by atoms with Gasteiger partial charge in [-0.3, -0.25) is 4.79 Å². The Bertz CT molecular complexity index is 450. The van der Waals surface area contributed by atoms with E-state index in [9.17, 15) is 9.90 Å². The van der Waals surface area contributed by atoms with Gasteiger partial charge in [0.15, 0.2) is 0 Å². The fourth-order valence-corrected chi connectivity index (χ4v) is 2.33. The van der Waals surface area contributed by atoms with Gasteiger partial charge >= 0.3 is 0 Å². The first-order valence-electron chi connectivity index (χ1n) is 6.48. The van der Waals surface area contributed by atoms with Crippen molar-refractivity contribution in [3.05, 3.63) is 35.4 Å². The third-order valence-corrected chi connectivity index (χ3v) is 3.23. The van der Waals surface area contributed by atoms with Crippen molar-refractivity contribution >= 4 is 5.91 Å². The van der Waals surface area contributed by atoms with Gasteiger partial charge in [0.1, 0.15) is 0 Å². The first-order chi connectivity index (χ1) is 9.13. The third kappa shape index (κ3) is 3.32. The van der Waals surface area contributed by atoms with Crippen LogP contribution in [0, 0.1) is 0 Å². The predicted octanol–water partition coefficient (Wildman–Crippen LogP) is 0.367. The summed E-state index contributed by atoms with van der Waals surface area (Å²) in [6.07, 6.45) is -0.363. The lowest BCUT2D eigenvalue weighted by Crippen LogP contribution is -2.50. The van der Waals surface area contributed by atoms with Crippen LogP contribution in [0.3, 0.4) is 0 Å². The Morgan fingerprint density at radius 2 is 2.32 bits per heavy atom. The molecule has 0 aliphatic carbocycles. The van der Waals surface area contributed by atoms with E-state index in [1.54, 1.807) is 11.0 Å². The number of nitrogens with zero attached hydrogens (tertiary/aromatic N) is 1. The van der Waals surface area contributed by atoms with Gasteiger partial charge in [-0.1, -0.05) is 12.1 Å². The Hall–Kier alpha value is -1.43. The van der Waals surface area contributed by atoms with E-state index >= 15 is 0 Å². The number of aliphatic hydroxyl groups is 1. The molecule has 19 heavy (non-hydrogen) atoms. The van der Waals surface area contributed by atoms with Gasteiger partial charge in [0.2, 0.25) is 0 Å². The van der Waals surface area contributed by atoms with Gasteiger partial charge < -0.3 is 20.5 Å². The van der Waals surface area contributed by atoms with Crippen molar-refractivity contribution in [3.63, 3.8) is 0 Å². The molecular formula is C14H20N2O3. The standard InChI is InChI=1S/C14H20N2O3/c1-10-7-16(8-13(9-17)19-10)14(18)12-4-2-3-11(5-12)6-15/h2-5,10,13,17H,6-9,15H2,1H3. The fraction of sp³-hybridized carbons (Fsp3) is 0.500. The number of hydrogen-bond donors (Lipinski definition) is 2. The Labute approximate surface area is 113 Å². The van der Waals surface area contributed by atoms with Crippen molar-refractivity contribution in [3.8, 4) is 0 Å². The lowest BCUT2D eigenvalue weighted by atomic mass is 10.1. The molecule has 1 aromatic rings. The predicted molar refractivity (Wildman–Crippen MR) is 71.7 cm³/mol. The van der Waals surface area contributed by atoms with Crippen molar-refractivity contribution in [1.82, 2.24) is 4.90 Å². The molecule has 5 nitrogen and oxygen atoms in total. The van der Waals surface area contributed by atoms with E-state index < -0.39 is 0 Å². The van der Waals surface area contributed by atoms with Crippen molar-refractivity contribution in [2.24, 2.45) is 5.73 Å². The topological polar surface area (TPSA) is 75.8 Å². The smallest absolute Gasteiger partial charge is 0.254 e. The molecule has 1 amide bonds. The summed E-state index contributed by atoms with van der Waals surface area (Å²) in [5.41, 5.74) is 7.15.